The fraction of sp³-hybridized carbons (Fsp3) is 0.300. The van der Waals surface area contributed by atoms with E-state index in [1.54, 1.807) is 30.6 Å². The number of imide groups is 2. The molecule has 2 aromatic carbocycles. The molecule has 0 bridgehead atoms. The second kappa shape index (κ2) is 11.3. The fourth-order valence-electron chi connectivity index (χ4n) is 5.36. The van der Waals surface area contributed by atoms with Crippen LogP contribution in [0.4, 0.5) is 5.69 Å². The van der Waals surface area contributed by atoms with Crippen LogP contribution in [0.3, 0.4) is 0 Å². The Morgan fingerprint density at radius 3 is 2.56 bits per heavy atom. The molecule has 11 nitrogen and oxygen atoms in total. The summed E-state index contributed by atoms with van der Waals surface area (Å²) in [5, 5.41) is 10.0. The Bertz CT molecular complexity index is 1660. The lowest BCUT2D eigenvalue weighted by Crippen LogP contribution is -2.54. The average molecular weight is 552 g/mol. The predicted molar refractivity (Wildman–Crippen MR) is 151 cm³/mol. The van der Waals surface area contributed by atoms with Gasteiger partial charge in [-0.25, -0.2) is 4.98 Å². The lowest BCUT2D eigenvalue weighted by molar-refractivity contribution is -0.136. The number of unbranched alkanes of at least 4 members (excludes halogenated alkanes) is 3. The molecule has 2 aliphatic heterocycles. The van der Waals surface area contributed by atoms with E-state index in [1.807, 2.05) is 35.0 Å². The third-order valence-corrected chi connectivity index (χ3v) is 7.49. The number of fused-ring (bicyclic) bond motifs is 2. The second-order valence-electron chi connectivity index (χ2n) is 10.2. The molecule has 6 rings (SSSR count). The highest BCUT2D eigenvalue weighted by molar-refractivity contribution is 6.23. The second-order valence-corrected chi connectivity index (χ2v) is 10.2. The van der Waals surface area contributed by atoms with E-state index in [9.17, 15) is 19.2 Å². The maximum Gasteiger partial charge on any atom is 0.262 e. The summed E-state index contributed by atoms with van der Waals surface area (Å²) in [7, 11) is 0. The molecule has 0 radical (unpaired) electrons. The van der Waals surface area contributed by atoms with Crippen LogP contribution in [-0.2, 0) is 16.1 Å². The first-order chi connectivity index (χ1) is 20.0. The zero-order chi connectivity index (χ0) is 28.3. The number of rotatable bonds is 10. The van der Waals surface area contributed by atoms with Gasteiger partial charge < -0.3 is 5.32 Å². The number of benzene rings is 2. The van der Waals surface area contributed by atoms with E-state index in [1.165, 1.54) is 0 Å². The summed E-state index contributed by atoms with van der Waals surface area (Å²) in [6, 6.07) is 13.9. The zero-order valence-electron chi connectivity index (χ0n) is 22.4. The van der Waals surface area contributed by atoms with Gasteiger partial charge in [-0.2, -0.15) is 5.10 Å². The maximum absolute atomic E-state index is 13.0. The molecular weight excluding hydrogens is 522 g/mol. The van der Waals surface area contributed by atoms with E-state index in [-0.39, 0.29) is 24.0 Å². The van der Waals surface area contributed by atoms with E-state index >= 15 is 0 Å². The van der Waals surface area contributed by atoms with Gasteiger partial charge in [-0.3, -0.25) is 39.1 Å². The van der Waals surface area contributed by atoms with Gasteiger partial charge in [0.1, 0.15) is 11.7 Å². The van der Waals surface area contributed by atoms with Crippen LogP contribution >= 0.6 is 0 Å². The standard InChI is InChI=1S/C30H29N7O4/c38-27-12-11-26(28(39)35-27)37-29(40)20-10-9-19(17-21(20)30(37)41)31-14-5-1-2-6-16-36-25(13-15-33-36)24-18-32-22-7-3-4-8-23(22)34-24/h3-4,7-10,13,15,17-18,26,31H,1-2,5-6,11-12,14,16H2,(H,35,38,39). The molecule has 1 fully saturated rings. The van der Waals surface area contributed by atoms with Crippen molar-refractivity contribution in [1.29, 1.82) is 0 Å². The van der Waals surface area contributed by atoms with E-state index < -0.39 is 29.7 Å². The number of hydrogen-bond acceptors (Lipinski definition) is 8. The molecule has 1 atom stereocenters. The Labute approximate surface area is 236 Å². The van der Waals surface area contributed by atoms with Crippen LogP contribution in [0, 0.1) is 0 Å². The minimum Gasteiger partial charge on any atom is -0.385 e. The molecule has 4 amide bonds. The number of amides is 4. The molecule has 4 aromatic rings. The van der Waals surface area contributed by atoms with Gasteiger partial charge in [0.25, 0.3) is 11.8 Å². The van der Waals surface area contributed by atoms with E-state index in [2.05, 4.69) is 20.7 Å². The first-order valence-corrected chi connectivity index (χ1v) is 13.8. The van der Waals surface area contributed by atoms with Crippen LogP contribution in [-0.4, -0.2) is 60.9 Å². The number of para-hydroxylation sites is 2. The number of carbonyl (C=O) groups is 4. The molecule has 1 saturated heterocycles. The minimum absolute atomic E-state index is 0.0961. The van der Waals surface area contributed by atoms with Gasteiger partial charge in [0.05, 0.1) is 34.1 Å². The number of carbonyl (C=O) groups excluding carboxylic acids is 4. The SMILES string of the molecule is O=C1CCC(N2C(=O)c3ccc(NCCCCCCn4nccc4-c4cnc5ccccc5n4)cc3C2=O)C(=O)N1. The van der Waals surface area contributed by atoms with Gasteiger partial charge in [0.2, 0.25) is 11.8 Å². The molecule has 41 heavy (non-hydrogen) atoms. The molecule has 2 aliphatic rings. The summed E-state index contributed by atoms with van der Waals surface area (Å²) in [5.74, 6) is -2.01. The van der Waals surface area contributed by atoms with Crippen molar-refractivity contribution in [1.82, 2.24) is 30.0 Å². The van der Waals surface area contributed by atoms with Crippen molar-refractivity contribution in [2.45, 2.75) is 51.1 Å². The first-order valence-electron chi connectivity index (χ1n) is 13.8. The first kappa shape index (κ1) is 26.3. The fourth-order valence-corrected chi connectivity index (χ4v) is 5.36. The van der Waals surface area contributed by atoms with Crippen LogP contribution in [0.15, 0.2) is 60.9 Å². The molecular formula is C30H29N7O4. The number of aromatic nitrogens is 4. The van der Waals surface area contributed by atoms with E-state index in [0.29, 0.717) is 0 Å². The predicted octanol–water partition coefficient (Wildman–Crippen LogP) is 3.57. The lowest BCUT2D eigenvalue weighted by Gasteiger charge is -2.27. The highest BCUT2D eigenvalue weighted by atomic mass is 16.2. The summed E-state index contributed by atoms with van der Waals surface area (Å²) >= 11 is 0. The largest absolute Gasteiger partial charge is 0.385 e. The third kappa shape index (κ3) is 5.30. The maximum atomic E-state index is 13.0. The molecule has 2 N–H and O–H groups in total. The monoisotopic (exact) mass is 551 g/mol. The van der Waals surface area contributed by atoms with Crippen molar-refractivity contribution >= 4 is 40.3 Å². The summed E-state index contributed by atoms with van der Waals surface area (Å²) in [6.45, 7) is 1.51. The van der Waals surface area contributed by atoms with Crippen molar-refractivity contribution in [2.75, 3.05) is 11.9 Å². The average Bonchev–Trinajstić information content (AvgIpc) is 3.54. The summed E-state index contributed by atoms with van der Waals surface area (Å²) < 4.78 is 1.97. The molecule has 11 heteroatoms. The molecule has 2 aromatic heterocycles. The number of aryl methyl sites for hydroxylation is 1. The Hall–Kier alpha value is -4.93. The van der Waals surface area contributed by atoms with Crippen LogP contribution < -0.4 is 10.6 Å². The molecule has 0 aliphatic carbocycles. The lowest BCUT2D eigenvalue weighted by atomic mass is 10.0. The highest BCUT2D eigenvalue weighted by Crippen LogP contribution is 2.29. The van der Waals surface area contributed by atoms with Gasteiger partial charge >= 0.3 is 0 Å². The summed E-state index contributed by atoms with van der Waals surface area (Å²) in [5.41, 5.74) is 4.77. The summed E-state index contributed by atoms with van der Waals surface area (Å²) in [4.78, 5) is 59.8. The number of nitrogens with one attached hydrogen (secondary N) is 2. The number of hydrogen-bond donors (Lipinski definition) is 2. The Morgan fingerprint density at radius 1 is 0.902 bits per heavy atom. The number of nitrogens with zero attached hydrogens (tertiary/aromatic N) is 5. The smallest absolute Gasteiger partial charge is 0.262 e. The molecule has 1 unspecified atom stereocenters. The normalized spacial score (nSPS) is 16.8. The quantitative estimate of drug-likeness (QED) is 0.225. The Balaban J connectivity index is 0.969. The Morgan fingerprint density at radius 2 is 1.71 bits per heavy atom. The van der Waals surface area contributed by atoms with Gasteiger partial charge in [-0.15, -0.1) is 0 Å². The third-order valence-electron chi connectivity index (χ3n) is 7.49. The minimum atomic E-state index is -0.963. The van der Waals surface area contributed by atoms with E-state index in [4.69, 9.17) is 4.98 Å². The van der Waals surface area contributed by atoms with Gasteiger partial charge in [-0.1, -0.05) is 25.0 Å². The molecule has 4 heterocycles. The van der Waals surface area contributed by atoms with Gasteiger partial charge in [0.15, 0.2) is 0 Å². The van der Waals surface area contributed by atoms with Crippen molar-refractivity contribution in [3.63, 3.8) is 0 Å². The van der Waals surface area contributed by atoms with Gasteiger partial charge in [0, 0.05) is 31.4 Å². The van der Waals surface area contributed by atoms with Crippen molar-refractivity contribution in [3.05, 3.63) is 72.1 Å². The van der Waals surface area contributed by atoms with Crippen LogP contribution in [0.1, 0.15) is 59.2 Å². The Kier molecular flexibility index (Phi) is 7.24. The van der Waals surface area contributed by atoms with E-state index in [0.717, 1.165) is 71.8 Å². The van der Waals surface area contributed by atoms with Crippen LogP contribution in [0.25, 0.3) is 22.4 Å². The highest BCUT2D eigenvalue weighted by Gasteiger charge is 2.44. The van der Waals surface area contributed by atoms with Crippen molar-refractivity contribution < 1.29 is 19.2 Å². The summed E-state index contributed by atoms with van der Waals surface area (Å²) in [6.07, 6.45) is 7.77. The van der Waals surface area contributed by atoms with Crippen LogP contribution in [0.2, 0.25) is 0 Å². The molecule has 208 valence electrons. The number of anilines is 1. The topological polar surface area (TPSA) is 139 Å². The van der Waals surface area contributed by atoms with Crippen molar-refractivity contribution in [2.24, 2.45) is 0 Å². The van der Waals surface area contributed by atoms with Crippen LogP contribution in [0.5, 0.6) is 0 Å². The van der Waals surface area contributed by atoms with Gasteiger partial charge in [-0.05, 0) is 55.7 Å². The number of piperidine rings is 1. The molecule has 0 spiro atoms. The molecule has 0 saturated carbocycles. The zero-order valence-corrected chi connectivity index (χ0v) is 22.4. The van der Waals surface area contributed by atoms with Crippen molar-refractivity contribution in [3.8, 4) is 11.4 Å².